The molecule has 0 amide bonds. The molecular formula is C17H12FN3O4S. The first-order chi connectivity index (χ1) is 12.3. The molecule has 0 aliphatic carbocycles. The van der Waals surface area contributed by atoms with Gasteiger partial charge < -0.3 is 9.47 Å². The van der Waals surface area contributed by atoms with Crippen LogP contribution in [0.3, 0.4) is 0 Å². The zero-order valence-corrected chi connectivity index (χ0v) is 14.2. The van der Waals surface area contributed by atoms with Gasteiger partial charge in [-0.25, -0.2) is 17.9 Å². The van der Waals surface area contributed by atoms with Gasteiger partial charge in [-0.3, -0.25) is 4.98 Å². The number of halogens is 1. The Morgan fingerprint density at radius 3 is 2.50 bits per heavy atom. The maximum atomic E-state index is 14.1. The van der Waals surface area contributed by atoms with Crippen LogP contribution in [-0.2, 0) is 10.0 Å². The lowest BCUT2D eigenvalue weighted by Gasteiger charge is -2.12. The van der Waals surface area contributed by atoms with Crippen molar-refractivity contribution in [3.05, 3.63) is 54.0 Å². The lowest BCUT2D eigenvalue weighted by atomic mass is 10.1. The van der Waals surface area contributed by atoms with E-state index in [9.17, 15) is 18.1 Å². The van der Waals surface area contributed by atoms with E-state index in [-0.39, 0.29) is 33.1 Å². The largest absolute Gasteiger partial charge is 0.494 e. The van der Waals surface area contributed by atoms with Crippen LogP contribution in [0, 0.1) is 17.1 Å². The van der Waals surface area contributed by atoms with Crippen LogP contribution in [0.15, 0.2) is 47.5 Å². The summed E-state index contributed by atoms with van der Waals surface area (Å²) in [4.78, 5) is 4.02. The topological polar surface area (TPSA) is 115 Å². The summed E-state index contributed by atoms with van der Waals surface area (Å²) >= 11 is 0. The Hall–Kier alpha value is -3.22. The fourth-order valence-corrected chi connectivity index (χ4v) is 2.85. The number of nitrogens with zero attached hydrogens (tertiary/aromatic N) is 2. The van der Waals surface area contributed by atoms with Gasteiger partial charge in [-0.1, -0.05) is 0 Å². The van der Waals surface area contributed by atoms with E-state index in [2.05, 4.69) is 4.98 Å². The molecule has 26 heavy (non-hydrogen) atoms. The van der Waals surface area contributed by atoms with Crippen LogP contribution in [0.2, 0.25) is 0 Å². The van der Waals surface area contributed by atoms with Crippen molar-refractivity contribution in [3.63, 3.8) is 0 Å². The predicted octanol–water partition coefficient (Wildman–Crippen LogP) is 2.69. The van der Waals surface area contributed by atoms with Crippen LogP contribution in [0.5, 0.6) is 17.2 Å². The molecule has 0 radical (unpaired) electrons. The van der Waals surface area contributed by atoms with Crippen LogP contribution in [0.1, 0.15) is 5.56 Å². The molecule has 0 atom stereocenters. The molecule has 2 aromatic carbocycles. The molecule has 2 N–H and O–H groups in total. The number of hydrogen-bond acceptors (Lipinski definition) is 6. The first-order valence-corrected chi connectivity index (χ1v) is 8.75. The van der Waals surface area contributed by atoms with E-state index in [4.69, 9.17) is 14.6 Å². The van der Waals surface area contributed by atoms with E-state index in [1.165, 1.54) is 43.6 Å². The van der Waals surface area contributed by atoms with Gasteiger partial charge in [-0.15, -0.1) is 0 Å². The van der Waals surface area contributed by atoms with Gasteiger partial charge in [-0.05, 0) is 30.3 Å². The summed E-state index contributed by atoms with van der Waals surface area (Å²) in [6, 6.07) is 9.79. The van der Waals surface area contributed by atoms with Crippen molar-refractivity contribution in [2.24, 2.45) is 5.14 Å². The van der Waals surface area contributed by atoms with Gasteiger partial charge in [0.15, 0.2) is 17.3 Å². The smallest absolute Gasteiger partial charge is 0.238 e. The molecule has 1 heterocycles. The molecular weight excluding hydrogens is 361 g/mol. The van der Waals surface area contributed by atoms with Crippen LogP contribution >= 0.6 is 0 Å². The third-order valence-electron chi connectivity index (χ3n) is 3.58. The fraction of sp³-hybridized carbons (Fsp3) is 0.0588. The maximum absolute atomic E-state index is 14.1. The highest BCUT2D eigenvalue weighted by Crippen LogP contribution is 2.35. The van der Waals surface area contributed by atoms with E-state index in [0.29, 0.717) is 5.52 Å². The summed E-state index contributed by atoms with van der Waals surface area (Å²) in [7, 11) is -2.50. The first kappa shape index (κ1) is 17.6. The van der Waals surface area contributed by atoms with Crippen molar-refractivity contribution in [1.82, 2.24) is 4.98 Å². The number of primary sulfonamides is 1. The molecule has 3 aromatic rings. The van der Waals surface area contributed by atoms with Crippen molar-refractivity contribution < 1.29 is 22.3 Å². The zero-order chi connectivity index (χ0) is 18.9. The Morgan fingerprint density at radius 2 is 1.92 bits per heavy atom. The maximum Gasteiger partial charge on any atom is 0.238 e. The minimum absolute atomic E-state index is 0.0122. The highest BCUT2D eigenvalue weighted by molar-refractivity contribution is 7.89. The molecule has 0 spiro atoms. The second-order valence-corrected chi connectivity index (χ2v) is 6.80. The molecule has 0 aliphatic heterocycles. The number of hydrogen-bond donors (Lipinski definition) is 1. The Bertz CT molecular complexity index is 1140. The lowest BCUT2D eigenvalue weighted by Crippen LogP contribution is -2.11. The van der Waals surface area contributed by atoms with Crippen LogP contribution in [0.4, 0.5) is 4.39 Å². The van der Waals surface area contributed by atoms with Crippen molar-refractivity contribution in [3.8, 4) is 23.3 Å². The number of aromatic nitrogens is 1. The number of pyridine rings is 1. The Kier molecular flexibility index (Phi) is 4.46. The molecule has 7 nitrogen and oxygen atoms in total. The summed E-state index contributed by atoms with van der Waals surface area (Å²) in [5.41, 5.74) is 0.469. The van der Waals surface area contributed by atoms with Crippen LogP contribution in [-0.4, -0.2) is 20.5 Å². The minimum Gasteiger partial charge on any atom is -0.494 e. The molecule has 0 saturated heterocycles. The number of nitrogens with two attached hydrogens (primary N) is 1. The molecule has 3 rings (SSSR count). The molecule has 1 aromatic heterocycles. The van der Waals surface area contributed by atoms with E-state index < -0.39 is 15.8 Å². The number of ether oxygens (including phenoxy) is 2. The summed E-state index contributed by atoms with van der Waals surface area (Å²) < 4.78 is 47.3. The average Bonchev–Trinajstić information content (AvgIpc) is 2.61. The summed E-state index contributed by atoms with van der Waals surface area (Å²) in [5, 5.41) is 14.6. The number of rotatable bonds is 4. The molecule has 9 heteroatoms. The number of nitriles is 1. The fourth-order valence-electron chi connectivity index (χ4n) is 2.33. The second-order valence-electron chi connectivity index (χ2n) is 5.24. The van der Waals surface area contributed by atoms with E-state index in [0.717, 1.165) is 6.07 Å². The third-order valence-corrected chi connectivity index (χ3v) is 4.51. The molecule has 0 aliphatic rings. The third kappa shape index (κ3) is 3.28. The molecule has 0 fully saturated rings. The van der Waals surface area contributed by atoms with Gasteiger partial charge in [0, 0.05) is 17.6 Å². The highest BCUT2D eigenvalue weighted by Gasteiger charge is 2.16. The lowest BCUT2D eigenvalue weighted by molar-refractivity contribution is 0.387. The van der Waals surface area contributed by atoms with Gasteiger partial charge >= 0.3 is 0 Å². The monoisotopic (exact) mass is 373 g/mol. The molecule has 0 saturated carbocycles. The standard InChI is InChI=1S/C17H12FN3O4S/c1-24-16-7-15-13(6-14(16)18)17(10(8-19)9-21-15)25-11-2-4-12(5-3-11)26(20,22)23/h2-7,9H,1H3,(H2,20,22,23). The van der Waals surface area contributed by atoms with Crippen molar-refractivity contribution in [1.29, 1.82) is 5.26 Å². The Balaban J connectivity index is 2.11. The average molecular weight is 373 g/mol. The van der Waals surface area contributed by atoms with Gasteiger partial charge in [0.2, 0.25) is 10.0 Å². The molecule has 132 valence electrons. The molecule has 0 bridgehead atoms. The van der Waals surface area contributed by atoms with Crippen LogP contribution < -0.4 is 14.6 Å². The number of sulfonamides is 1. The molecule has 0 unspecified atom stereocenters. The summed E-state index contributed by atoms with van der Waals surface area (Å²) in [6.07, 6.45) is 1.30. The van der Waals surface area contributed by atoms with Gasteiger partial charge in [0.05, 0.1) is 17.5 Å². The van der Waals surface area contributed by atoms with Crippen molar-refractivity contribution in [2.45, 2.75) is 4.90 Å². The predicted molar refractivity (Wildman–Crippen MR) is 90.9 cm³/mol. The first-order valence-electron chi connectivity index (χ1n) is 7.20. The van der Waals surface area contributed by atoms with Crippen molar-refractivity contribution >= 4 is 20.9 Å². The summed E-state index contributed by atoms with van der Waals surface area (Å²) in [5.74, 6) is -0.274. The quantitative estimate of drug-likeness (QED) is 0.752. The number of benzene rings is 2. The highest BCUT2D eigenvalue weighted by atomic mass is 32.2. The second kappa shape index (κ2) is 6.59. The number of methoxy groups -OCH3 is 1. The summed E-state index contributed by atoms with van der Waals surface area (Å²) in [6.45, 7) is 0. The Labute approximate surface area is 148 Å². The van der Waals surface area contributed by atoms with Gasteiger partial charge in [0.25, 0.3) is 0 Å². The zero-order valence-electron chi connectivity index (χ0n) is 13.4. The normalized spacial score (nSPS) is 11.2. The minimum atomic E-state index is -3.83. The van der Waals surface area contributed by atoms with E-state index >= 15 is 0 Å². The van der Waals surface area contributed by atoms with Gasteiger partial charge in [-0.2, -0.15) is 5.26 Å². The van der Waals surface area contributed by atoms with Crippen LogP contribution in [0.25, 0.3) is 10.9 Å². The SMILES string of the molecule is COc1cc2ncc(C#N)c(Oc3ccc(S(N)(=O)=O)cc3)c2cc1F. The van der Waals surface area contributed by atoms with E-state index in [1.54, 1.807) is 0 Å². The van der Waals surface area contributed by atoms with Crippen molar-refractivity contribution in [2.75, 3.05) is 7.11 Å². The number of fused-ring (bicyclic) bond motifs is 1. The van der Waals surface area contributed by atoms with E-state index in [1.807, 2.05) is 6.07 Å². The Morgan fingerprint density at radius 1 is 1.23 bits per heavy atom. The van der Waals surface area contributed by atoms with Gasteiger partial charge in [0.1, 0.15) is 17.4 Å².